The molecule has 0 spiro atoms. The van der Waals surface area contributed by atoms with Gasteiger partial charge in [-0.1, -0.05) is 23.4 Å². The second-order valence-corrected chi connectivity index (χ2v) is 5.35. The Morgan fingerprint density at radius 2 is 2.12 bits per heavy atom. The fourth-order valence-corrected chi connectivity index (χ4v) is 2.46. The first-order valence-electron chi connectivity index (χ1n) is 7.42. The summed E-state index contributed by atoms with van der Waals surface area (Å²) in [6.45, 7) is 0.132. The van der Waals surface area contributed by atoms with E-state index in [0.717, 1.165) is 11.1 Å². The maximum absolute atomic E-state index is 12.2. The summed E-state index contributed by atoms with van der Waals surface area (Å²) in [5.74, 6) is 0.731. The zero-order valence-electron chi connectivity index (χ0n) is 12.9. The molecule has 0 atom stereocenters. The molecule has 0 aliphatic rings. The van der Waals surface area contributed by atoms with Crippen molar-refractivity contribution < 1.29 is 13.7 Å². The number of hydrogen-bond acceptors (Lipinski definition) is 5. The van der Waals surface area contributed by atoms with Gasteiger partial charge in [0.2, 0.25) is 11.7 Å². The van der Waals surface area contributed by atoms with Crippen molar-refractivity contribution in [1.82, 2.24) is 20.0 Å². The minimum atomic E-state index is -0.329. The summed E-state index contributed by atoms with van der Waals surface area (Å²) in [7, 11) is 1.90. The van der Waals surface area contributed by atoms with Crippen LogP contribution in [0.3, 0.4) is 0 Å². The second kappa shape index (κ2) is 5.69. The smallest absolute Gasteiger partial charge is 0.287 e. The summed E-state index contributed by atoms with van der Waals surface area (Å²) in [6.07, 6.45) is 1.90. The molecule has 0 fully saturated rings. The first-order chi connectivity index (χ1) is 11.7. The number of furan rings is 1. The van der Waals surface area contributed by atoms with Crippen molar-refractivity contribution in [2.45, 2.75) is 6.54 Å². The lowest BCUT2D eigenvalue weighted by atomic mass is 10.2. The summed E-state index contributed by atoms with van der Waals surface area (Å²) >= 11 is 0. The third kappa shape index (κ3) is 2.56. The highest BCUT2D eigenvalue weighted by Gasteiger charge is 2.15. The third-order valence-corrected chi connectivity index (χ3v) is 3.69. The van der Waals surface area contributed by atoms with Crippen LogP contribution in [-0.4, -0.2) is 20.6 Å². The molecule has 1 aromatic carbocycles. The molecule has 4 rings (SSSR count). The van der Waals surface area contributed by atoms with Crippen LogP contribution in [0.1, 0.15) is 16.4 Å². The van der Waals surface area contributed by atoms with Crippen molar-refractivity contribution >= 4 is 16.9 Å². The molecule has 0 aliphatic carbocycles. The molecule has 0 saturated heterocycles. The summed E-state index contributed by atoms with van der Waals surface area (Å²) in [6, 6.07) is 12.9. The predicted octanol–water partition coefficient (Wildman–Crippen LogP) is 2.75. The van der Waals surface area contributed by atoms with E-state index in [4.69, 9.17) is 8.94 Å². The van der Waals surface area contributed by atoms with Crippen LogP contribution in [0.5, 0.6) is 0 Å². The first-order valence-corrected chi connectivity index (χ1v) is 7.42. The Morgan fingerprint density at radius 1 is 1.25 bits per heavy atom. The van der Waals surface area contributed by atoms with E-state index in [2.05, 4.69) is 15.5 Å². The number of carbonyl (C=O) groups is 1. The van der Waals surface area contributed by atoms with Gasteiger partial charge in [-0.3, -0.25) is 4.79 Å². The van der Waals surface area contributed by atoms with E-state index < -0.39 is 0 Å². The lowest BCUT2D eigenvalue weighted by Crippen LogP contribution is -2.22. The molecule has 1 amide bonds. The molecule has 3 heterocycles. The van der Waals surface area contributed by atoms with E-state index in [1.807, 2.05) is 54.2 Å². The van der Waals surface area contributed by atoms with Gasteiger partial charge in [0.05, 0.1) is 12.2 Å². The highest BCUT2D eigenvalue weighted by Crippen LogP contribution is 2.19. The fourth-order valence-electron chi connectivity index (χ4n) is 2.46. The zero-order chi connectivity index (χ0) is 16.5. The van der Waals surface area contributed by atoms with Gasteiger partial charge in [-0.25, -0.2) is 0 Å². The lowest BCUT2D eigenvalue weighted by Gasteiger charge is -1.98. The highest BCUT2D eigenvalue weighted by atomic mass is 16.5. The third-order valence-electron chi connectivity index (χ3n) is 3.69. The number of hydrogen-bond donors (Lipinski definition) is 1. The van der Waals surface area contributed by atoms with Crippen LogP contribution >= 0.6 is 0 Å². The van der Waals surface area contributed by atoms with Gasteiger partial charge in [0.15, 0.2) is 5.76 Å². The Bertz CT molecular complexity index is 979. The number of carbonyl (C=O) groups excluding carboxylic acids is 1. The number of aryl methyl sites for hydroxylation is 1. The van der Waals surface area contributed by atoms with E-state index in [-0.39, 0.29) is 18.2 Å². The Hall–Kier alpha value is -3.35. The van der Waals surface area contributed by atoms with Crippen LogP contribution in [0.2, 0.25) is 0 Å². The van der Waals surface area contributed by atoms with Crippen molar-refractivity contribution in [3.05, 3.63) is 60.3 Å². The number of benzene rings is 1. The molecule has 0 saturated carbocycles. The van der Waals surface area contributed by atoms with E-state index in [1.165, 1.54) is 0 Å². The molecule has 4 aromatic rings. The maximum atomic E-state index is 12.2. The molecule has 0 bridgehead atoms. The van der Waals surface area contributed by atoms with Crippen molar-refractivity contribution in [3.8, 4) is 11.5 Å². The van der Waals surface area contributed by atoms with Crippen molar-refractivity contribution in [2.24, 2.45) is 7.05 Å². The van der Waals surface area contributed by atoms with Crippen LogP contribution in [0.15, 0.2) is 57.6 Å². The molecule has 0 aliphatic heterocycles. The second-order valence-electron chi connectivity index (χ2n) is 5.35. The molecular weight excluding hydrogens is 308 g/mol. The number of rotatable bonds is 4. The number of fused-ring (bicyclic) bond motifs is 1. The van der Waals surface area contributed by atoms with E-state index in [9.17, 15) is 4.79 Å². The Kier molecular flexibility index (Phi) is 3.38. The van der Waals surface area contributed by atoms with Crippen LogP contribution in [0.4, 0.5) is 0 Å². The Labute approximate surface area is 136 Å². The average Bonchev–Trinajstić information content (AvgIpc) is 3.31. The number of amides is 1. The minimum Gasteiger partial charge on any atom is -0.451 e. The quantitative estimate of drug-likeness (QED) is 0.624. The van der Waals surface area contributed by atoms with Gasteiger partial charge in [0, 0.05) is 18.6 Å². The largest absolute Gasteiger partial charge is 0.451 e. The summed E-state index contributed by atoms with van der Waals surface area (Å²) in [4.78, 5) is 16.5. The van der Waals surface area contributed by atoms with Gasteiger partial charge in [0.1, 0.15) is 5.58 Å². The van der Waals surface area contributed by atoms with Crippen LogP contribution in [0.25, 0.3) is 22.5 Å². The molecule has 7 nitrogen and oxygen atoms in total. The minimum absolute atomic E-state index is 0.132. The first kappa shape index (κ1) is 14.3. The van der Waals surface area contributed by atoms with Crippen molar-refractivity contribution in [2.75, 3.05) is 0 Å². The van der Waals surface area contributed by atoms with Crippen LogP contribution < -0.4 is 5.32 Å². The van der Waals surface area contributed by atoms with Gasteiger partial charge in [-0.05, 0) is 24.3 Å². The van der Waals surface area contributed by atoms with Gasteiger partial charge >= 0.3 is 0 Å². The number of nitrogens with one attached hydrogen (secondary N) is 1. The molecule has 7 heteroatoms. The molecule has 3 aromatic heterocycles. The monoisotopic (exact) mass is 322 g/mol. The highest BCUT2D eigenvalue weighted by molar-refractivity contribution is 5.95. The van der Waals surface area contributed by atoms with E-state index >= 15 is 0 Å². The van der Waals surface area contributed by atoms with Crippen LogP contribution in [0, 0.1) is 0 Å². The molecule has 1 N–H and O–H groups in total. The Morgan fingerprint density at radius 3 is 2.92 bits per heavy atom. The van der Waals surface area contributed by atoms with Crippen molar-refractivity contribution in [3.63, 3.8) is 0 Å². The van der Waals surface area contributed by atoms with Gasteiger partial charge in [-0.2, -0.15) is 4.98 Å². The van der Waals surface area contributed by atoms with E-state index in [1.54, 1.807) is 6.07 Å². The topological polar surface area (TPSA) is 86.1 Å². The zero-order valence-corrected chi connectivity index (χ0v) is 12.9. The average molecular weight is 322 g/mol. The lowest BCUT2D eigenvalue weighted by molar-refractivity contribution is 0.0920. The summed E-state index contributed by atoms with van der Waals surface area (Å²) in [5.41, 5.74) is 1.51. The summed E-state index contributed by atoms with van der Waals surface area (Å²) < 4.78 is 12.6. The van der Waals surface area contributed by atoms with Gasteiger partial charge < -0.3 is 18.8 Å². The fraction of sp³-hybridized carbons (Fsp3) is 0.118. The normalized spacial score (nSPS) is 11.0. The van der Waals surface area contributed by atoms with Gasteiger partial charge in [0.25, 0.3) is 5.91 Å². The standard InChI is InChI=1S/C17H14N4O3/c1-21-8-4-6-12(21)16-19-15(24-20-16)10-18-17(22)14-9-11-5-2-3-7-13(11)23-14/h2-9H,10H2,1H3,(H,18,22). The predicted molar refractivity (Wildman–Crippen MR) is 86.1 cm³/mol. The van der Waals surface area contributed by atoms with Crippen molar-refractivity contribution in [1.29, 1.82) is 0 Å². The van der Waals surface area contributed by atoms with E-state index in [0.29, 0.717) is 17.3 Å². The van der Waals surface area contributed by atoms with Crippen LogP contribution in [-0.2, 0) is 13.6 Å². The molecule has 0 unspecified atom stereocenters. The van der Waals surface area contributed by atoms with Gasteiger partial charge in [-0.15, -0.1) is 0 Å². The molecule has 0 radical (unpaired) electrons. The summed E-state index contributed by atoms with van der Waals surface area (Å²) in [5, 5.41) is 7.52. The molecule has 24 heavy (non-hydrogen) atoms. The maximum Gasteiger partial charge on any atom is 0.287 e. The number of para-hydroxylation sites is 1. The number of nitrogens with zero attached hydrogens (tertiary/aromatic N) is 3. The molecular formula is C17H14N4O3. The molecule has 120 valence electrons. The number of aromatic nitrogens is 3. The Balaban J connectivity index is 1.46. The SMILES string of the molecule is Cn1cccc1-c1noc(CNC(=O)c2cc3ccccc3o2)n1.